The van der Waals surface area contributed by atoms with Crippen LogP contribution in [-0.4, -0.2) is 65.9 Å². The quantitative estimate of drug-likeness (QED) is 0.486. The average molecular weight is 502 g/mol. The number of amides is 4. The molecule has 35 heavy (non-hydrogen) atoms. The molecule has 12 heteroatoms. The predicted octanol–water partition coefficient (Wildman–Crippen LogP) is 1.49. The Balaban J connectivity index is 2.25. The van der Waals surface area contributed by atoms with E-state index in [9.17, 15) is 37.6 Å². The minimum atomic E-state index is -5.17. The molecule has 0 aromatic rings. The van der Waals surface area contributed by atoms with Crippen LogP contribution in [0.25, 0.3) is 0 Å². The van der Waals surface area contributed by atoms with Crippen molar-refractivity contribution < 1.29 is 32.3 Å². The van der Waals surface area contributed by atoms with Gasteiger partial charge in [-0.15, -0.1) is 0 Å². The number of nitriles is 1. The lowest BCUT2D eigenvalue weighted by Crippen LogP contribution is -2.59. The van der Waals surface area contributed by atoms with E-state index in [0.717, 1.165) is 0 Å². The number of alkyl halides is 3. The van der Waals surface area contributed by atoms with E-state index in [0.29, 0.717) is 13.0 Å². The Labute approximate surface area is 203 Å². The highest BCUT2D eigenvalue weighted by atomic mass is 19.4. The normalized spacial score (nSPS) is 24.5. The van der Waals surface area contributed by atoms with Crippen molar-refractivity contribution in [2.75, 3.05) is 13.1 Å². The van der Waals surface area contributed by atoms with Crippen molar-refractivity contribution in [3.05, 3.63) is 0 Å². The van der Waals surface area contributed by atoms with Crippen molar-refractivity contribution in [3.8, 4) is 6.07 Å². The zero-order valence-electron chi connectivity index (χ0n) is 20.7. The molecule has 5 atom stereocenters. The fourth-order valence-electron chi connectivity index (χ4n) is 4.44. The number of hydrogen-bond acceptors (Lipinski definition) is 5. The number of carbonyl (C=O) groups is 4. The van der Waals surface area contributed by atoms with Crippen molar-refractivity contribution >= 4 is 23.6 Å². The topological polar surface area (TPSA) is 131 Å². The molecule has 0 unspecified atom stereocenters. The smallest absolute Gasteiger partial charge is 0.356 e. The zero-order chi connectivity index (χ0) is 26.7. The second-order valence-electron chi connectivity index (χ2n) is 10.7. The highest BCUT2D eigenvalue weighted by Crippen LogP contribution is 2.32. The zero-order valence-corrected chi connectivity index (χ0v) is 20.7. The fourth-order valence-corrected chi connectivity index (χ4v) is 4.44. The highest BCUT2D eigenvalue weighted by molar-refractivity contribution is 5.94. The molecule has 2 rings (SSSR count). The van der Waals surface area contributed by atoms with E-state index in [1.54, 1.807) is 5.32 Å². The first-order valence-electron chi connectivity index (χ1n) is 11.7. The molecule has 9 nitrogen and oxygen atoms in total. The van der Waals surface area contributed by atoms with Gasteiger partial charge in [-0.3, -0.25) is 19.2 Å². The molecule has 3 N–H and O–H groups in total. The number of likely N-dealkylation sites (tertiary alicyclic amines) is 1. The summed E-state index contributed by atoms with van der Waals surface area (Å²) < 4.78 is 38.8. The first kappa shape index (κ1) is 28.4. The van der Waals surface area contributed by atoms with Gasteiger partial charge in [0.25, 0.3) is 0 Å². The molecule has 0 aromatic heterocycles. The summed E-state index contributed by atoms with van der Waals surface area (Å²) in [4.78, 5) is 51.4. The minimum absolute atomic E-state index is 0.0786. The molecule has 2 aliphatic heterocycles. The molecular weight excluding hydrogens is 467 g/mol. The third-order valence-corrected chi connectivity index (χ3v) is 6.66. The van der Waals surface area contributed by atoms with Gasteiger partial charge < -0.3 is 20.9 Å². The van der Waals surface area contributed by atoms with E-state index in [-0.39, 0.29) is 37.1 Å². The number of hydrogen-bond donors (Lipinski definition) is 3. The van der Waals surface area contributed by atoms with Gasteiger partial charge in [0.05, 0.1) is 6.07 Å². The monoisotopic (exact) mass is 501 g/mol. The number of carbonyl (C=O) groups excluding carboxylic acids is 4. The van der Waals surface area contributed by atoms with Gasteiger partial charge in [0.2, 0.25) is 17.7 Å². The van der Waals surface area contributed by atoms with Crippen LogP contribution in [0.2, 0.25) is 0 Å². The van der Waals surface area contributed by atoms with Crippen LogP contribution in [0.15, 0.2) is 0 Å². The van der Waals surface area contributed by atoms with E-state index in [2.05, 4.69) is 10.6 Å². The first-order chi connectivity index (χ1) is 16.1. The molecule has 0 aromatic carbocycles. The Morgan fingerprint density at radius 1 is 1.20 bits per heavy atom. The number of rotatable bonds is 7. The van der Waals surface area contributed by atoms with E-state index >= 15 is 0 Å². The Morgan fingerprint density at radius 3 is 2.29 bits per heavy atom. The summed E-state index contributed by atoms with van der Waals surface area (Å²) in [5.74, 6) is -4.25. The van der Waals surface area contributed by atoms with Crippen LogP contribution in [0.1, 0.15) is 53.9 Å². The van der Waals surface area contributed by atoms with Crippen LogP contribution < -0.4 is 16.0 Å². The molecule has 0 saturated carbocycles. The van der Waals surface area contributed by atoms with Crippen molar-refractivity contribution in [1.82, 2.24) is 20.9 Å². The Hall–Kier alpha value is -2.84. The fraction of sp³-hybridized carbons (Fsp3) is 0.783. The molecule has 0 bridgehead atoms. The maximum atomic E-state index is 13.5. The van der Waals surface area contributed by atoms with Crippen molar-refractivity contribution in [2.24, 2.45) is 23.2 Å². The predicted molar refractivity (Wildman–Crippen MR) is 119 cm³/mol. The van der Waals surface area contributed by atoms with Gasteiger partial charge in [0.1, 0.15) is 18.1 Å². The number of nitrogens with one attached hydrogen (secondary N) is 3. The lowest BCUT2D eigenvalue weighted by molar-refractivity contribution is -0.176. The van der Waals surface area contributed by atoms with Crippen molar-refractivity contribution in [3.63, 3.8) is 0 Å². The second kappa shape index (κ2) is 10.8. The van der Waals surface area contributed by atoms with Crippen molar-refractivity contribution in [1.29, 1.82) is 5.26 Å². The largest absolute Gasteiger partial charge is 0.471 e. The summed E-state index contributed by atoms with van der Waals surface area (Å²) in [5.41, 5.74) is -1.07. The van der Waals surface area contributed by atoms with Crippen LogP contribution in [0.3, 0.4) is 0 Å². The van der Waals surface area contributed by atoms with Gasteiger partial charge in [-0.1, -0.05) is 34.6 Å². The van der Waals surface area contributed by atoms with E-state index < -0.39 is 53.4 Å². The summed E-state index contributed by atoms with van der Waals surface area (Å²) >= 11 is 0. The van der Waals surface area contributed by atoms with Gasteiger partial charge in [-0.25, -0.2) is 0 Å². The molecule has 196 valence electrons. The summed E-state index contributed by atoms with van der Waals surface area (Å²) in [6, 6.07) is -1.53. The molecule has 2 saturated heterocycles. The molecule has 2 fully saturated rings. The lowest BCUT2D eigenvalue weighted by atomic mass is 9.85. The average Bonchev–Trinajstić information content (AvgIpc) is 3.36. The Bertz CT molecular complexity index is 878. The molecule has 0 radical (unpaired) electrons. The first-order valence-corrected chi connectivity index (χ1v) is 11.7. The van der Waals surface area contributed by atoms with E-state index in [1.165, 1.54) is 25.7 Å². The van der Waals surface area contributed by atoms with Crippen LogP contribution in [0.5, 0.6) is 0 Å². The van der Waals surface area contributed by atoms with Crippen LogP contribution in [-0.2, 0) is 19.2 Å². The SMILES string of the molecule is CC(C)[C@H]1C[C@@H](C(=O)N[C@H](C#N)C[C@@H]2CCNC2=O)N(C(=O)[C@@H](NC(=O)C(F)(F)F)C(C)(C)C)C1. The second-order valence-corrected chi connectivity index (χ2v) is 10.7. The molecule has 2 heterocycles. The molecule has 0 spiro atoms. The van der Waals surface area contributed by atoms with Crippen molar-refractivity contribution in [2.45, 2.75) is 78.2 Å². The molecule has 2 aliphatic rings. The maximum absolute atomic E-state index is 13.5. The number of halogens is 3. The maximum Gasteiger partial charge on any atom is 0.471 e. The van der Waals surface area contributed by atoms with Gasteiger partial charge in [-0.05, 0) is 36.5 Å². The lowest BCUT2D eigenvalue weighted by Gasteiger charge is -2.35. The summed E-state index contributed by atoms with van der Waals surface area (Å²) in [7, 11) is 0. The summed E-state index contributed by atoms with van der Waals surface area (Å²) in [5, 5.41) is 16.6. The van der Waals surface area contributed by atoms with Gasteiger partial charge in [-0.2, -0.15) is 18.4 Å². The standard InChI is InChI=1S/C23H34F3N5O4/c1-12(2)14-9-16(19(33)29-15(10-27)8-13-6-7-28-18(13)32)31(11-14)20(34)17(22(3,4)5)30-21(35)23(24,25)26/h12-17H,6-9,11H2,1-5H3,(H,28,32)(H,29,33)(H,30,35)/t13-,14-,15-,16-,17+/m0/s1. The van der Waals surface area contributed by atoms with E-state index in [4.69, 9.17) is 0 Å². The van der Waals surface area contributed by atoms with Crippen LogP contribution in [0, 0.1) is 34.5 Å². The minimum Gasteiger partial charge on any atom is -0.356 e. The van der Waals surface area contributed by atoms with E-state index in [1.807, 2.05) is 19.9 Å². The Kier molecular flexibility index (Phi) is 8.79. The van der Waals surface area contributed by atoms with Gasteiger partial charge in [0.15, 0.2) is 0 Å². The molecular formula is C23H34F3N5O4. The van der Waals surface area contributed by atoms with Crippen LogP contribution >= 0.6 is 0 Å². The summed E-state index contributed by atoms with van der Waals surface area (Å²) in [6.07, 6.45) is -4.24. The highest BCUT2D eigenvalue weighted by Gasteiger charge is 2.48. The third kappa shape index (κ3) is 7.08. The Morgan fingerprint density at radius 2 is 1.83 bits per heavy atom. The van der Waals surface area contributed by atoms with Gasteiger partial charge in [0, 0.05) is 19.0 Å². The number of nitrogens with zero attached hydrogens (tertiary/aromatic N) is 2. The molecule has 4 amide bonds. The third-order valence-electron chi connectivity index (χ3n) is 6.66. The van der Waals surface area contributed by atoms with Gasteiger partial charge >= 0.3 is 12.1 Å². The molecule has 0 aliphatic carbocycles. The summed E-state index contributed by atoms with van der Waals surface area (Å²) in [6.45, 7) is 9.02. The van der Waals surface area contributed by atoms with Crippen LogP contribution in [0.4, 0.5) is 13.2 Å².